The molecular weight excluding hydrogens is 364 g/mol. The van der Waals surface area contributed by atoms with Crippen molar-refractivity contribution in [2.45, 2.75) is 13.8 Å². The Kier molecular flexibility index (Phi) is 8.88. The monoisotopic (exact) mass is 386 g/mol. The third-order valence-corrected chi connectivity index (χ3v) is 3.39. The molecule has 0 heterocycles. The van der Waals surface area contributed by atoms with Crippen molar-refractivity contribution >= 4 is 23.8 Å². The smallest absolute Gasteiger partial charge is 0.322 e. The average Bonchev–Trinajstić information content (AvgIpc) is 2.65. The van der Waals surface area contributed by atoms with Crippen molar-refractivity contribution in [2.24, 2.45) is 0 Å². The molecule has 0 aliphatic rings. The number of benzene rings is 2. The minimum atomic E-state index is -1.05. The van der Waals surface area contributed by atoms with Gasteiger partial charge in [-0.1, -0.05) is 35.4 Å². The number of carboxylic acids is 2. The first-order chi connectivity index (χ1) is 13.2. The summed E-state index contributed by atoms with van der Waals surface area (Å²) in [5.74, 6) is -2.83. The van der Waals surface area contributed by atoms with E-state index in [1.807, 2.05) is 19.9 Å². The number of carboxylic acid groups (broad SMARTS) is 2. The molecule has 8 nitrogen and oxygen atoms in total. The molecule has 2 aromatic rings. The molecule has 0 aromatic heterocycles. The van der Waals surface area contributed by atoms with E-state index in [9.17, 15) is 19.2 Å². The Morgan fingerprint density at radius 1 is 0.714 bits per heavy atom. The zero-order valence-electron chi connectivity index (χ0n) is 15.6. The minimum Gasteiger partial charge on any atom is -0.480 e. The number of hydrogen-bond donors (Lipinski definition) is 4. The molecule has 8 heteroatoms. The van der Waals surface area contributed by atoms with Crippen molar-refractivity contribution in [1.29, 1.82) is 0 Å². The lowest BCUT2D eigenvalue weighted by Gasteiger charge is -2.02. The molecule has 4 N–H and O–H groups in total. The van der Waals surface area contributed by atoms with Crippen molar-refractivity contribution < 1.29 is 29.4 Å². The van der Waals surface area contributed by atoms with Gasteiger partial charge in [-0.15, -0.1) is 0 Å². The summed E-state index contributed by atoms with van der Waals surface area (Å²) >= 11 is 0. The SMILES string of the molecule is Cc1ccc(C(=O)NCC(=O)O)cc1.Cc1cccc(C(=O)NCC(=O)O)c1. The Morgan fingerprint density at radius 3 is 1.68 bits per heavy atom. The van der Waals surface area contributed by atoms with Crippen LogP contribution in [0.2, 0.25) is 0 Å². The molecule has 0 aliphatic carbocycles. The number of carbonyl (C=O) groups excluding carboxylic acids is 2. The lowest BCUT2D eigenvalue weighted by Crippen LogP contribution is -2.29. The van der Waals surface area contributed by atoms with Gasteiger partial charge in [-0.2, -0.15) is 0 Å². The van der Waals surface area contributed by atoms with Crippen LogP contribution in [0.1, 0.15) is 31.8 Å². The summed E-state index contributed by atoms with van der Waals surface area (Å²) in [6, 6.07) is 13.9. The number of nitrogens with one attached hydrogen (secondary N) is 2. The standard InChI is InChI=1S/2C10H11NO3/c1-7-2-4-8(5-3-7)10(14)11-6-9(12)13;1-7-3-2-4-8(5-7)10(14)11-6-9(12)13/h2*2-5H,6H2,1H3,(H,11,14)(H,12,13). The van der Waals surface area contributed by atoms with Gasteiger partial charge < -0.3 is 20.8 Å². The molecule has 0 atom stereocenters. The number of rotatable bonds is 6. The molecule has 2 amide bonds. The van der Waals surface area contributed by atoms with E-state index >= 15 is 0 Å². The predicted octanol–water partition coefficient (Wildman–Crippen LogP) is 1.62. The lowest BCUT2D eigenvalue weighted by molar-refractivity contribution is -0.136. The van der Waals surface area contributed by atoms with Crippen molar-refractivity contribution in [3.63, 3.8) is 0 Å². The summed E-state index contributed by atoms with van der Waals surface area (Å²) in [4.78, 5) is 43.0. The van der Waals surface area contributed by atoms with E-state index in [-0.39, 0.29) is 24.9 Å². The number of aliphatic carboxylic acids is 2. The largest absolute Gasteiger partial charge is 0.480 e. The van der Waals surface area contributed by atoms with Crippen LogP contribution in [0, 0.1) is 13.8 Å². The number of carbonyl (C=O) groups is 4. The Hall–Kier alpha value is -3.68. The van der Waals surface area contributed by atoms with Gasteiger partial charge in [-0.25, -0.2) is 0 Å². The highest BCUT2D eigenvalue weighted by molar-refractivity contribution is 5.96. The zero-order chi connectivity index (χ0) is 21.1. The molecule has 2 rings (SSSR count). The Morgan fingerprint density at radius 2 is 1.21 bits per heavy atom. The van der Waals surface area contributed by atoms with Crippen LogP contribution in [-0.2, 0) is 9.59 Å². The maximum absolute atomic E-state index is 11.3. The first kappa shape index (κ1) is 22.4. The number of hydrogen-bond acceptors (Lipinski definition) is 4. The number of aryl methyl sites for hydroxylation is 2. The van der Waals surface area contributed by atoms with E-state index < -0.39 is 11.9 Å². The highest BCUT2D eigenvalue weighted by Gasteiger charge is 2.06. The van der Waals surface area contributed by atoms with Crippen LogP contribution in [0.5, 0.6) is 0 Å². The van der Waals surface area contributed by atoms with Crippen molar-refractivity contribution in [2.75, 3.05) is 13.1 Å². The van der Waals surface area contributed by atoms with Gasteiger partial charge in [0.15, 0.2) is 0 Å². The summed E-state index contributed by atoms with van der Waals surface area (Å²) < 4.78 is 0. The van der Waals surface area contributed by atoms with Crippen molar-refractivity contribution in [3.8, 4) is 0 Å². The van der Waals surface area contributed by atoms with Crippen LogP contribution >= 0.6 is 0 Å². The van der Waals surface area contributed by atoms with Gasteiger partial charge in [0.25, 0.3) is 11.8 Å². The average molecular weight is 386 g/mol. The third-order valence-electron chi connectivity index (χ3n) is 3.39. The first-order valence-corrected chi connectivity index (χ1v) is 8.32. The second-order valence-electron chi connectivity index (χ2n) is 5.89. The summed E-state index contributed by atoms with van der Waals surface area (Å²) in [7, 11) is 0. The summed E-state index contributed by atoms with van der Waals surface area (Å²) in [5, 5.41) is 21.3. The van der Waals surface area contributed by atoms with Gasteiger partial charge in [0.05, 0.1) is 0 Å². The van der Waals surface area contributed by atoms with Gasteiger partial charge in [0.2, 0.25) is 0 Å². The van der Waals surface area contributed by atoms with Crippen molar-refractivity contribution in [3.05, 3.63) is 70.8 Å². The molecule has 0 fully saturated rings. The van der Waals surface area contributed by atoms with E-state index in [4.69, 9.17) is 10.2 Å². The molecule has 0 aliphatic heterocycles. The fourth-order valence-electron chi connectivity index (χ4n) is 2.01. The minimum absolute atomic E-state index is 0.354. The fraction of sp³-hybridized carbons (Fsp3) is 0.200. The van der Waals surface area contributed by atoms with Gasteiger partial charge in [0.1, 0.15) is 13.1 Å². The molecule has 0 unspecified atom stereocenters. The summed E-state index contributed by atoms with van der Waals surface area (Å²) in [5.41, 5.74) is 2.97. The van der Waals surface area contributed by atoms with Gasteiger partial charge in [-0.3, -0.25) is 19.2 Å². The van der Waals surface area contributed by atoms with Crippen molar-refractivity contribution in [1.82, 2.24) is 10.6 Å². The van der Waals surface area contributed by atoms with Gasteiger partial charge >= 0.3 is 11.9 Å². The predicted molar refractivity (Wildman–Crippen MR) is 102 cm³/mol. The van der Waals surface area contributed by atoms with E-state index in [0.717, 1.165) is 11.1 Å². The van der Waals surface area contributed by atoms with Crippen LogP contribution in [0.15, 0.2) is 48.5 Å². The second kappa shape index (κ2) is 11.1. The summed E-state index contributed by atoms with van der Waals surface area (Å²) in [6.07, 6.45) is 0. The second-order valence-corrected chi connectivity index (χ2v) is 5.89. The van der Waals surface area contributed by atoms with E-state index in [1.165, 1.54) is 0 Å². The molecule has 0 saturated heterocycles. The van der Waals surface area contributed by atoms with Crippen LogP contribution in [-0.4, -0.2) is 47.1 Å². The highest BCUT2D eigenvalue weighted by atomic mass is 16.4. The molecule has 0 bridgehead atoms. The van der Waals surface area contributed by atoms with Gasteiger partial charge in [0, 0.05) is 11.1 Å². The Bertz CT molecular complexity index is 846. The molecule has 0 radical (unpaired) electrons. The Balaban J connectivity index is 0.000000280. The lowest BCUT2D eigenvalue weighted by atomic mass is 10.1. The van der Waals surface area contributed by atoms with Gasteiger partial charge in [-0.05, 0) is 38.1 Å². The molecule has 28 heavy (non-hydrogen) atoms. The summed E-state index contributed by atoms with van der Waals surface area (Å²) in [6.45, 7) is 3.08. The fourth-order valence-corrected chi connectivity index (χ4v) is 2.01. The quantitative estimate of drug-likeness (QED) is 0.596. The topological polar surface area (TPSA) is 133 Å². The molecule has 0 spiro atoms. The normalized spacial score (nSPS) is 9.50. The highest BCUT2D eigenvalue weighted by Crippen LogP contribution is 2.03. The van der Waals surface area contributed by atoms with E-state index in [0.29, 0.717) is 11.1 Å². The molecular formula is C20H22N2O6. The van der Waals surface area contributed by atoms with E-state index in [2.05, 4.69) is 10.6 Å². The van der Waals surface area contributed by atoms with Crippen LogP contribution in [0.4, 0.5) is 0 Å². The number of amides is 2. The third kappa shape index (κ3) is 8.61. The maximum atomic E-state index is 11.3. The van der Waals surface area contributed by atoms with Crippen LogP contribution < -0.4 is 10.6 Å². The maximum Gasteiger partial charge on any atom is 0.322 e. The Labute approximate surface area is 162 Å². The molecule has 2 aromatic carbocycles. The van der Waals surface area contributed by atoms with E-state index in [1.54, 1.807) is 42.5 Å². The molecule has 0 saturated carbocycles. The first-order valence-electron chi connectivity index (χ1n) is 8.32. The van der Waals surface area contributed by atoms with Crippen LogP contribution in [0.25, 0.3) is 0 Å². The zero-order valence-corrected chi connectivity index (χ0v) is 15.6. The molecule has 148 valence electrons. The van der Waals surface area contributed by atoms with Crippen LogP contribution in [0.3, 0.4) is 0 Å².